The first kappa shape index (κ1) is 11.2. The van der Waals surface area contributed by atoms with Gasteiger partial charge in [0.2, 0.25) is 0 Å². The van der Waals surface area contributed by atoms with Crippen LogP contribution in [0.1, 0.15) is 5.69 Å². The molecule has 0 saturated heterocycles. The number of benzene rings is 1. The number of nitrogens with zero attached hydrogens (tertiary/aromatic N) is 3. The van der Waals surface area contributed by atoms with Gasteiger partial charge in [-0.05, 0) is 25.1 Å². The van der Waals surface area contributed by atoms with Gasteiger partial charge >= 0.3 is 0 Å². The molecule has 0 atom stereocenters. The van der Waals surface area contributed by atoms with E-state index in [0.29, 0.717) is 21.8 Å². The topological polar surface area (TPSA) is 30.2 Å². The number of aryl methyl sites for hydroxylation is 1. The van der Waals surface area contributed by atoms with Crippen molar-refractivity contribution in [2.45, 2.75) is 11.8 Å². The van der Waals surface area contributed by atoms with E-state index >= 15 is 0 Å². The number of aromatic nitrogens is 3. The second kappa shape index (κ2) is 4.10. The van der Waals surface area contributed by atoms with E-state index in [1.54, 1.807) is 28.9 Å². The van der Waals surface area contributed by atoms with Gasteiger partial charge in [0.15, 0.2) is 5.65 Å². The van der Waals surface area contributed by atoms with Gasteiger partial charge in [0.05, 0.1) is 16.8 Å². The van der Waals surface area contributed by atoms with Crippen LogP contribution in [-0.4, -0.2) is 14.6 Å². The number of fused-ring (bicyclic) bond motifs is 1. The van der Waals surface area contributed by atoms with Crippen LogP contribution in [0, 0.1) is 12.7 Å². The molecule has 0 spiro atoms. The van der Waals surface area contributed by atoms with Crippen molar-refractivity contribution >= 4 is 18.3 Å². The number of rotatable bonds is 1. The Morgan fingerprint density at radius 3 is 2.83 bits per heavy atom. The molecule has 18 heavy (non-hydrogen) atoms. The maximum atomic E-state index is 13.8. The fourth-order valence-electron chi connectivity index (χ4n) is 1.91. The summed E-state index contributed by atoms with van der Waals surface area (Å²) >= 11 is 4.29. The van der Waals surface area contributed by atoms with Crippen molar-refractivity contribution in [3.8, 4) is 11.3 Å². The van der Waals surface area contributed by atoms with Crippen LogP contribution >= 0.6 is 12.6 Å². The Kier molecular flexibility index (Phi) is 2.56. The van der Waals surface area contributed by atoms with Crippen molar-refractivity contribution in [1.29, 1.82) is 0 Å². The third-order valence-corrected chi connectivity index (χ3v) is 3.10. The molecule has 90 valence electrons. The average Bonchev–Trinajstić information content (AvgIpc) is 2.72. The summed E-state index contributed by atoms with van der Waals surface area (Å²) in [6.07, 6.45) is 1.63. The van der Waals surface area contributed by atoms with Gasteiger partial charge in [0, 0.05) is 11.3 Å². The highest BCUT2D eigenvalue weighted by Crippen LogP contribution is 2.24. The Bertz CT molecular complexity index is 736. The van der Waals surface area contributed by atoms with Crippen molar-refractivity contribution < 1.29 is 4.39 Å². The van der Waals surface area contributed by atoms with Crippen LogP contribution < -0.4 is 0 Å². The maximum Gasteiger partial charge on any atom is 0.169 e. The first-order valence-electron chi connectivity index (χ1n) is 5.46. The molecule has 0 amide bonds. The first-order chi connectivity index (χ1) is 8.66. The molecule has 0 N–H and O–H groups in total. The van der Waals surface area contributed by atoms with E-state index in [1.807, 2.05) is 13.0 Å². The van der Waals surface area contributed by atoms with Crippen LogP contribution in [0.2, 0.25) is 0 Å². The summed E-state index contributed by atoms with van der Waals surface area (Å²) < 4.78 is 15.4. The van der Waals surface area contributed by atoms with Crippen LogP contribution in [0.25, 0.3) is 16.9 Å². The summed E-state index contributed by atoms with van der Waals surface area (Å²) in [6, 6.07) is 8.40. The van der Waals surface area contributed by atoms with Gasteiger partial charge in [-0.15, -0.1) is 12.6 Å². The summed E-state index contributed by atoms with van der Waals surface area (Å²) in [7, 11) is 0. The smallest absolute Gasteiger partial charge is 0.169 e. The van der Waals surface area contributed by atoms with E-state index < -0.39 is 0 Å². The third kappa shape index (κ3) is 1.67. The third-order valence-electron chi connectivity index (χ3n) is 2.78. The van der Waals surface area contributed by atoms with Gasteiger partial charge in [0.1, 0.15) is 5.82 Å². The van der Waals surface area contributed by atoms with Crippen LogP contribution in [0.3, 0.4) is 0 Å². The monoisotopic (exact) mass is 259 g/mol. The Morgan fingerprint density at radius 2 is 2.06 bits per heavy atom. The van der Waals surface area contributed by atoms with E-state index in [1.165, 1.54) is 6.07 Å². The Balaban J connectivity index is 2.31. The van der Waals surface area contributed by atoms with Gasteiger partial charge in [-0.2, -0.15) is 5.10 Å². The predicted octanol–water partition coefficient (Wildman–Crippen LogP) is 3.13. The molecule has 0 saturated carbocycles. The van der Waals surface area contributed by atoms with Crippen molar-refractivity contribution in [3.63, 3.8) is 0 Å². The zero-order valence-electron chi connectivity index (χ0n) is 9.63. The standard InChI is InChI=1S/C13H10FN3S/c1-8-6-11(9-4-2-3-5-10(9)14)16-13-12(18)7-15-17(8)13/h2-7,18H,1H3. The molecule has 0 fully saturated rings. The van der Waals surface area contributed by atoms with Crippen LogP contribution in [-0.2, 0) is 0 Å². The molecule has 5 heteroatoms. The summed E-state index contributed by atoms with van der Waals surface area (Å²) in [4.78, 5) is 5.09. The van der Waals surface area contributed by atoms with E-state index in [9.17, 15) is 4.39 Å². The molecule has 3 aromatic rings. The van der Waals surface area contributed by atoms with Crippen molar-refractivity contribution in [1.82, 2.24) is 14.6 Å². The number of hydrogen-bond acceptors (Lipinski definition) is 3. The number of thiol groups is 1. The van der Waals surface area contributed by atoms with Gasteiger partial charge < -0.3 is 0 Å². The van der Waals surface area contributed by atoms with E-state index in [-0.39, 0.29) is 5.82 Å². The molecular weight excluding hydrogens is 249 g/mol. The molecular formula is C13H10FN3S. The minimum absolute atomic E-state index is 0.283. The molecule has 2 heterocycles. The maximum absolute atomic E-state index is 13.8. The van der Waals surface area contributed by atoms with Crippen LogP contribution in [0.4, 0.5) is 4.39 Å². The molecule has 0 aliphatic heterocycles. The largest absolute Gasteiger partial charge is 0.227 e. The molecule has 0 aliphatic rings. The summed E-state index contributed by atoms with van der Waals surface area (Å²) in [5.74, 6) is -0.283. The molecule has 0 radical (unpaired) electrons. The summed E-state index contributed by atoms with van der Waals surface area (Å²) in [5, 5.41) is 4.16. The Labute approximate surface area is 109 Å². The molecule has 0 aliphatic carbocycles. The van der Waals surface area contributed by atoms with Gasteiger partial charge in [-0.3, -0.25) is 0 Å². The van der Waals surface area contributed by atoms with Crippen molar-refractivity contribution in [2.75, 3.05) is 0 Å². The lowest BCUT2D eigenvalue weighted by molar-refractivity contribution is 0.630. The average molecular weight is 259 g/mol. The lowest BCUT2D eigenvalue weighted by Gasteiger charge is -2.06. The Hall–Kier alpha value is -1.88. The van der Waals surface area contributed by atoms with Gasteiger partial charge in [-0.25, -0.2) is 13.9 Å². The quantitative estimate of drug-likeness (QED) is 0.680. The van der Waals surface area contributed by atoms with E-state index in [0.717, 1.165) is 5.69 Å². The van der Waals surface area contributed by atoms with E-state index in [4.69, 9.17) is 0 Å². The molecule has 3 rings (SSSR count). The molecule has 0 unspecified atom stereocenters. The molecule has 0 bridgehead atoms. The van der Waals surface area contributed by atoms with Crippen molar-refractivity contribution in [3.05, 3.63) is 48.0 Å². The van der Waals surface area contributed by atoms with Crippen LogP contribution in [0.5, 0.6) is 0 Å². The first-order valence-corrected chi connectivity index (χ1v) is 5.91. The highest BCUT2D eigenvalue weighted by molar-refractivity contribution is 7.80. The molecule has 1 aromatic carbocycles. The fraction of sp³-hybridized carbons (Fsp3) is 0.0769. The molecule has 3 nitrogen and oxygen atoms in total. The zero-order chi connectivity index (χ0) is 12.7. The highest BCUT2D eigenvalue weighted by Gasteiger charge is 2.10. The fourth-order valence-corrected chi connectivity index (χ4v) is 2.10. The summed E-state index contributed by atoms with van der Waals surface area (Å²) in [5.41, 5.74) is 2.60. The van der Waals surface area contributed by atoms with Gasteiger partial charge in [0.25, 0.3) is 0 Å². The SMILES string of the molecule is Cc1cc(-c2ccccc2F)nc2c(S)cnn12. The zero-order valence-corrected chi connectivity index (χ0v) is 10.5. The van der Waals surface area contributed by atoms with Crippen molar-refractivity contribution in [2.24, 2.45) is 0 Å². The summed E-state index contributed by atoms with van der Waals surface area (Å²) in [6.45, 7) is 1.90. The van der Waals surface area contributed by atoms with Gasteiger partial charge in [-0.1, -0.05) is 12.1 Å². The lowest BCUT2D eigenvalue weighted by atomic mass is 10.1. The minimum atomic E-state index is -0.283. The second-order valence-electron chi connectivity index (χ2n) is 4.03. The highest BCUT2D eigenvalue weighted by atomic mass is 32.1. The normalized spacial score (nSPS) is 11.1. The second-order valence-corrected chi connectivity index (χ2v) is 4.51. The molecule has 2 aromatic heterocycles. The predicted molar refractivity (Wildman–Crippen MR) is 70.4 cm³/mol. The number of halogens is 1. The Morgan fingerprint density at radius 1 is 1.28 bits per heavy atom. The minimum Gasteiger partial charge on any atom is -0.227 e. The van der Waals surface area contributed by atoms with E-state index in [2.05, 4.69) is 22.7 Å². The lowest BCUT2D eigenvalue weighted by Crippen LogP contribution is -1.98. The number of hydrogen-bond donors (Lipinski definition) is 1. The van der Waals surface area contributed by atoms with Crippen LogP contribution in [0.15, 0.2) is 41.4 Å².